The Labute approximate surface area is 165 Å². The predicted octanol–water partition coefficient (Wildman–Crippen LogP) is 4.54. The SMILES string of the molecule is Cc1ccccc1-n1ncc2c1CC(C)(C)CC2NC(=O)CCc1ccco1. The average Bonchev–Trinajstić information content (AvgIpc) is 3.29. The first-order valence-electron chi connectivity index (χ1n) is 9.87. The Bertz CT molecular complexity index is 970. The van der Waals surface area contributed by atoms with E-state index in [0.29, 0.717) is 12.8 Å². The summed E-state index contributed by atoms with van der Waals surface area (Å²) in [7, 11) is 0. The zero-order valence-corrected chi connectivity index (χ0v) is 16.7. The maximum Gasteiger partial charge on any atom is 0.220 e. The topological polar surface area (TPSA) is 60.1 Å². The molecule has 28 heavy (non-hydrogen) atoms. The molecule has 1 amide bonds. The first kappa shape index (κ1) is 18.5. The van der Waals surface area contributed by atoms with Crippen LogP contribution in [-0.4, -0.2) is 15.7 Å². The molecule has 1 unspecified atom stereocenters. The number of benzene rings is 1. The number of aryl methyl sites for hydroxylation is 2. The van der Waals surface area contributed by atoms with E-state index in [1.54, 1.807) is 6.26 Å². The molecule has 1 aliphatic carbocycles. The van der Waals surface area contributed by atoms with Gasteiger partial charge in [0.15, 0.2) is 0 Å². The Morgan fingerprint density at radius 2 is 2.11 bits per heavy atom. The number of carbonyl (C=O) groups is 1. The molecule has 2 aromatic heterocycles. The lowest BCUT2D eigenvalue weighted by Crippen LogP contribution is -2.36. The van der Waals surface area contributed by atoms with Crippen LogP contribution in [0.5, 0.6) is 0 Å². The predicted molar refractivity (Wildman–Crippen MR) is 108 cm³/mol. The van der Waals surface area contributed by atoms with Gasteiger partial charge in [-0.2, -0.15) is 5.10 Å². The summed E-state index contributed by atoms with van der Waals surface area (Å²) >= 11 is 0. The van der Waals surface area contributed by atoms with Gasteiger partial charge in [-0.1, -0.05) is 32.0 Å². The lowest BCUT2D eigenvalue weighted by atomic mass is 9.74. The highest BCUT2D eigenvalue weighted by molar-refractivity contribution is 5.76. The minimum absolute atomic E-state index is 0.0133. The molecule has 5 heteroatoms. The largest absolute Gasteiger partial charge is 0.469 e. The zero-order chi connectivity index (χ0) is 19.7. The van der Waals surface area contributed by atoms with Gasteiger partial charge in [0.05, 0.1) is 29.9 Å². The van der Waals surface area contributed by atoms with Gasteiger partial charge in [0.1, 0.15) is 5.76 Å². The number of para-hydroxylation sites is 1. The maximum atomic E-state index is 12.6. The van der Waals surface area contributed by atoms with Gasteiger partial charge in [-0.15, -0.1) is 0 Å². The van der Waals surface area contributed by atoms with Crippen LogP contribution >= 0.6 is 0 Å². The zero-order valence-electron chi connectivity index (χ0n) is 16.7. The fourth-order valence-electron chi connectivity index (χ4n) is 4.14. The second-order valence-corrected chi connectivity index (χ2v) is 8.49. The van der Waals surface area contributed by atoms with E-state index in [4.69, 9.17) is 4.42 Å². The van der Waals surface area contributed by atoms with Gasteiger partial charge < -0.3 is 9.73 Å². The molecular weight excluding hydrogens is 350 g/mol. The van der Waals surface area contributed by atoms with Gasteiger partial charge >= 0.3 is 0 Å². The quantitative estimate of drug-likeness (QED) is 0.710. The number of rotatable bonds is 5. The van der Waals surface area contributed by atoms with Crippen molar-refractivity contribution in [1.29, 1.82) is 0 Å². The molecule has 2 heterocycles. The molecule has 3 aromatic rings. The van der Waals surface area contributed by atoms with Crippen molar-refractivity contribution < 1.29 is 9.21 Å². The second-order valence-electron chi connectivity index (χ2n) is 8.49. The highest BCUT2D eigenvalue weighted by Gasteiger charge is 2.36. The number of nitrogens with one attached hydrogen (secondary N) is 1. The Hall–Kier alpha value is -2.82. The highest BCUT2D eigenvalue weighted by Crippen LogP contribution is 2.41. The first-order chi connectivity index (χ1) is 13.4. The van der Waals surface area contributed by atoms with Crippen molar-refractivity contribution in [1.82, 2.24) is 15.1 Å². The molecule has 0 saturated heterocycles. The third-order valence-corrected chi connectivity index (χ3v) is 5.54. The van der Waals surface area contributed by atoms with Gasteiger partial charge in [-0.3, -0.25) is 4.79 Å². The van der Waals surface area contributed by atoms with E-state index in [9.17, 15) is 4.79 Å². The van der Waals surface area contributed by atoms with Crippen molar-refractivity contribution in [2.45, 2.75) is 52.5 Å². The van der Waals surface area contributed by atoms with Crippen LogP contribution in [-0.2, 0) is 17.6 Å². The number of amides is 1. The van der Waals surface area contributed by atoms with Crippen LogP contribution in [0.25, 0.3) is 5.69 Å². The summed E-state index contributed by atoms with van der Waals surface area (Å²) in [5, 5.41) is 7.93. The van der Waals surface area contributed by atoms with Gasteiger partial charge in [-0.05, 0) is 48.9 Å². The highest BCUT2D eigenvalue weighted by atomic mass is 16.3. The van der Waals surface area contributed by atoms with Gasteiger partial charge in [0, 0.05) is 18.4 Å². The Morgan fingerprint density at radius 3 is 2.86 bits per heavy atom. The molecule has 0 saturated carbocycles. The van der Waals surface area contributed by atoms with E-state index in [0.717, 1.165) is 29.9 Å². The molecule has 1 N–H and O–H groups in total. The summed E-state index contributed by atoms with van der Waals surface area (Å²) in [6.07, 6.45) is 6.45. The third kappa shape index (κ3) is 3.75. The number of carbonyl (C=O) groups excluding carboxylic acids is 1. The number of furan rings is 1. The summed E-state index contributed by atoms with van der Waals surface area (Å²) in [4.78, 5) is 12.6. The summed E-state index contributed by atoms with van der Waals surface area (Å²) in [5.41, 5.74) is 4.71. The summed E-state index contributed by atoms with van der Waals surface area (Å²) in [6, 6.07) is 12.0. The molecule has 0 radical (unpaired) electrons. The van der Waals surface area contributed by atoms with E-state index in [2.05, 4.69) is 43.3 Å². The average molecular weight is 377 g/mol. The van der Waals surface area contributed by atoms with Crippen LogP contribution in [0.3, 0.4) is 0 Å². The minimum Gasteiger partial charge on any atom is -0.469 e. The molecule has 1 atom stereocenters. The number of nitrogens with zero attached hydrogens (tertiary/aromatic N) is 2. The van der Waals surface area contributed by atoms with E-state index in [1.807, 2.05) is 35.1 Å². The summed E-state index contributed by atoms with van der Waals surface area (Å²) in [5.74, 6) is 0.890. The number of hydrogen-bond donors (Lipinski definition) is 1. The normalized spacial score (nSPS) is 17.9. The second kappa shape index (κ2) is 7.30. The van der Waals surface area contributed by atoms with E-state index in [1.165, 1.54) is 11.3 Å². The van der Waals surface area contributed by atoms with Crippen molar-refractivity contribution >= 4 is 5.91 Å². The van der Waals surface area contributed by atoms with Crippen LogP contribution in [0, 0.1) is 12.3 Å². The number of aromatic nitrogens is 2. The number of fused-ring (bicyclic) bond motifs is 1. The van der Waals surface area contributed by atoms with E-state index < -0.39 is 0 Å². The Balaban J connectivity index is 1.57. The Morgan fingerprint density at radius 1 is 1.29 bits per heavy atom. The molecule has 0 aliphatic heterocycles. The molecule has 1 aliphatic rings. The van der Waals surface area contributed by atoms with Crippen molar-refractivity contribution in [2.75, 3.05) is 0 Å². The standard InChI is InChI=1S/C23H27N3O2/c1-16-7-4-5-9-20(16)26-21-14-23(2,3)13-19(18(21)15-24-26)25-22(27)11-10-17-8-6-12-28-17/h4-9,12,15,19H,10-11,13-14H2,1-3H3,(H,25,27). The fourth-order valence-corrected chi connectivity index (χ4v) is 4.14. The molecular formula is C23H27N3O2. The Kier molecular flexibility index (Phi) is 4.84. The van der Waals surface area contributed by atoms with Crippen molar-refractivity contribution in [3.63, 3.8) is 0 Å². The molecule has 146 valence electrons. The molecule has 0 bridgehead atoms. The van der Waals surface area contributed by atoms with Crippen LogP contribution in [0.2, 0.25) is 0 Å². The molecule has 5 nitrogen and oxygen atoms in total. The van der Waals surface area contributed by atoms with Crippen molar-refractivity contribution in [2.24, 2.45) is 5.41 Å². The lowest BCUT2D eigenvalue weighted by Gasteiger charge is -2.36. The molecule has 0 spiro atoms. The van der Waals surface area contributed by atoms with Crippen LogP contribution < -0.4 is 5.32 Å². The molecule has 4 rings (SSSR count). The van der Waals surface area contributed by atoms with Crippen LogP contribution in [0.4, 0.5) is 0 Å². The monoisotopic (exact) mass is 377 g/mol. The van der Waals surface area contributed by atoms with Gasteiger partial charge in [0.25, 0.3) is 0 Å². The van der Waals surface area contributed by atoms with Crippen molar-refractivity contribution in [3.05, 3.63) is 71.4 Å². The van der Waals surface area contributed by atoms with Gasteiger partial charge in [0.2, 0.25) is 5.91 Å². The first-order valence-corrected chi connectivity index (χ1v) is 9.87. The smallest absolute Gasteiger partial charge is 0.220 e. The van der Waals surface area contributed by atoms with Crippen molar-refractivity contribution in [3.8, 4) is 5.69 Å². The maximum absolute atomic E-state index is 12.6. The summed E-state index contributed by atoms with van der Waals surface area (Å²) in [6.45, 7) is 6.62. The van der Waals surface area contributed by atoms with Crippen LogP contribution in [0.15, 0.2) is 53.3 Å². The fraction of sp³-hybridized carbons (Fsp3) is 0.391. The molecule has 0 fully saturated rings. The summed E-state index contributed by atoms with van der Waals surface area (Å²) < 4.78 is 7.38. The molecule has 1 aromatic carbocycles. The number of hydrogen-bond acceptors (Lipinski definition) is 3. The minimum atomic E-state index is -0.0133. The third-order valence-electron chi connectivity index (χ3n) is 5.54. The van der Waals surface area contributed by atoms with Crippen LogP contribution in [0.1, 0.15) is 55.3 Å². The van der Waals surface area contributed by atoms with E-state index in [-0.39, 0.29) is 17.4 Å². The lowest BCUT2D eigenvalue weighted by molar-refractivity contribution is -0.122. The van der Waals surface area contributed by atoms with Gasteiger partial charge in [-0.25, -0.2) is 4.68 Å². The van der Waals surface area contributed by atoms with E-state index >= 15 is 0 Å².